The van der Waals surface area contributed by atoms with Crippen LogP contribution in [-0.2, 0) is 19.1 Å². The van der Waals surface area contributed by atoms with Gasteiger partial charge in [0.05, 0.1) is 32.0 Å². The molecule has 2 unspecified atom stereocenters. The highest BCUT2D eigenvalue weighted by atomic mass is 16.5. The number of hydrogen-bond acceptors (Lipinski definition) is 7. The number of imide groups is 1. The summed E-state index contributed by atoms with van der Waals surface area (Å²) < 4.78 is 21.6. The molecule has 8 nitrogen and oxygen atoms in total. The minimum Gasteiger partial charge on any atom is -0.493 e. The molecule has 0 aliphatic carbocycles. The summed E-state index contributed by atoms with van der Waals surface area (Å²) in [7, 11) is 4.70. The molecule has 2 aliphatic heterocycles. The molecule has 1 saturated heterocycles. The van der Waals surface area contributed by atoms with Gasteiger partial charge in [-0.2, -0.15) is 0 Å². The summed E-state index contributed by atoms with van der Waals surface area (Å²) in [5, 5.41) is 0. The molecule has 1 aromatic rings. The number of nitrogens with zero attached hydrogens (tertiary/aromatic N) is 2. The lowest BCUT2D eigenvalue weighted by Gasteiger charge is -2.37. The summed E-state index contributed by atoms with van der Waals surface area (Å²) in [5.74, 6) is 0.488. The normalized spacial score (nSPS) is 22.2. The van der Waals surface area contributed by atoms with Crippen molar-refractivity contribution in [2.45, 2.75) is 32.5 Å². The number of carbonyl (C=O) groups excluding carboxylic acids is 2. The predicted octanol–water partition coefficient (Wildman–Crippen LogP) is 1.93. The molecule has 2 amide bonds. The summed E-state index contributed by atoms with van der Waals surface area (Å²) in [6.45, 7) is 5.81. The van der Waals surface area contributed by atoms with Crippen LogP contribution in [0.5, 0.6) is 11.5 Å². The number of ether oxygens (including phenoxy) is 4. The first-order valence-corrected chi connectivity index (χ1v) is 10.1. The number of morpholine rings is 1. The minimum absolute atomic E-state index is 0.0432. The SMILES string of the molecule is COCCCN1C(=O)C(c2ccc(OC)c(OC)c2)=C(N2CC(C)OC(C)C2)C1=O. The maximum absolute atomic E-state index is 13.4. The lowest BCUT2D eigenvalue weighted by Crippen LogP contribution is -2.47. The number of hydrogen-bond donors (Lipinski definition) is 0. The van der Waals surface area contributed by atoms with Crippen molar-refractivity contribution in [3.05, 3.63) is 29.5 Å². The van der Waals surface area contributed by atoms with Crippen LogP contribution < -0.4 is 9.47 Å². The number of rotatable bonds is 8. The van der Waals surface area contributed by atoms with E-state index in [1.807, 2.05) is 18.7 Å². The van der Waals surface area contributed by atoms with E-state index in [9.17, 15) is 9.59 Å². The molecule has 0 aromatic heterocycles. The van der Waals surface area contributed by atoms with E-state index in [1.54, 1.807) is 39.5 Å². The van der Waals surface area contributed by atoms with Gasteiger partial charge < -0.3 is 23.8 Å². The fourth-order valence-electron chi connectivity index (χ4n) is 4.04. The second kappa shape index (κ2) is 9.49. The van der Waals surface area contributed by atoms with Gasteiger partial charge in [-0.05, 0) is 38.0 Å². The Bertz CT molecular complexity index is 827. The predicted molar refractivity (Wildman–Crippen MR) is 111 cm³/mol. The van der Waals surface area contributed by atoms with Gasteiger partial charge >= 0.3 is 0 Å². The fraction of sp³-hybridized carbons (Fsp3) is 0.545. The third-order valence-electron chi connectivity index (χ3n) is 5.28. The second-order valence-electron chi connectivity index (χ2n) is 7.56. The van der Waals surface area contributed by atoms with E-state index in [0.717, 1.165) is 0 Å². The lowest BCUT2D eigenvalue weighted by molar-refractivity contribution is -0.138. The summed E-state index contributed by atoms with van der Waals surface area (Å²) in [6, 6.07) is 5.27. The third kappa shape index (κ3) is 4.29. The second-order valence-corrected chi connectivity index (χ2v) is 7.56. The first-order chi connectivity index (χ1) is 14.4. The van der Waals surface area contributed by atoms with Crippen LogP contribution >= 0.6 is 0 Å². The van der Waals surface area contributed by atoms with Crippen LogP contribution in [0.4, 0.5) is 0 Å². The van der Waals surface area contributed by atoms with E-state index < -0.39 is 0 Å². The van der Waals surface area contributed by atoms with E-state index in [-0.39, 0.29) is 24.0 Å². The maximum atomic E-state index is 13.4. The Hall–Kier alpha value is -2.58. The molecule has 8 heteroatoms. The third-order valence-corrected chi connectivity index (χ3v) is 5.28. The smallest absolute Gasteiger partial charge is 0.277 e. The largest absolute Gasteiger partial charge is 0.493 e. The van der Waals surface area contributed by atoms with Gasteiger partial charge in [0.1, 0.15) is 5.70 Å². The summed E-state index contributed by atoms with van der Waals surface area (Å²) in [5.41, 5.74) is 1.44. The topological polar surface area (TPSA) is 77.5 Å². The number of methoxy groups -OCH3 is 3. The highest BCUT2D eigenvalue weighted by Gasteiger charge is 2.43. The monoisotopic (exact) mass is 418 g/mol. The van der Waals surface area contributed by atoms with E-state index >= 15 is 0 Å². The summed E-state index contributed by atoms with van der Waals surface area (Å²) in [6.07, 6.45) is 0.493. The van der Waals surface area contributed by atoms with E-state index in [4.69, 9.17) is 18.9 Å². The van der Waals surface area contributed by atoms with Gasteiger partial charge in [-0.1, -0.05) is 6.07 Å². The van der Waals surface area contributed by atoms with Gasteiger partial charge in [0.15, 0.2) is 11.5 Å². The van der Waals surface area contributed by atoms with Crippen molar-refractivity contribution in [1.82, 2.24) is 9.80 Å². The quantitative estimate of drug-likeness (QED) is 0.472. The first kappa shape index (κ1) is 22.1. The van der Waals surface area contributed by atoms with Gasteiger partial charge in [-0.25, -0.2) is 0 Å². The molecular formula is C22H30N2O6. The van der Waals surface area contributed by atoms with Crippen molar-refractivity contribution >= 4 is 17.4 Å². The van der Waals surface area contributed by atoms with Gasteiger partial charge in [0.25, 0.3) is 11.8 Å². The van der Waals surface area contributed by atoms with E-state index in [2.05, 4.69) is 0 Å². The molecule has 30 heavy (non-hydrogen) atoms. The van der Waals surface area contributed by atoms with Crippen molar-refractivity contribution in [1.29, 1.82) is 0 Å². The molecule has 0 N–H and O–H groups in total. The first-order valence-electron chi connectivity index (χ1n) is 10.1. The summed E-state index contributed by atoms with van der Waals surface area (Å²) >= 11 is 0. The van der Waals surface area contributed by atoms with Crippen molar-refractivity contribution in [3.8, 4) is 11.5 Å². The van der Waals surface area contributed by atoms with Crippen molar-refractivity contribution in [2.24, 2.45) is 0 Å². The minimum atomic E-state index is -0.301. The van der Waals surface area contributed by atoms with Crippen LogP contribution in [0.15, 0.2) is 23.9 Å². The molecule has 1 fully saturated rings. The maximum Gasteiger partial charge on any atom is 0.277 e. The van der Waals surface area contributed by atoms with E-state index in [0.29, 0.717) is 61.0 Å². The highest BCUT2D eigenvalue weighted by molar-refractivity contribution is 6.35. The molecule has 1 aromatic carbocycles. The van der Waals surface area contributed by atoms with Gasteiger partial charge in [0.2, 0.25) is 0 Å². The Kier molecular flexibility index (Phi) is 6.99. The highest BCUT2D eigenvalue weighted by Crippen LogP contribution is 2.37. The Labute approximate surface area is 177 Å². The number of carbonyl (C=O) groups is 2. The number of benzene rings is 1. The summed E-state index contributed by atoms with van der Waals surface area (Å²) in [4.78, 5) is 30.0. The van der Waals surface area contributed by atoms with Crippen molar-refractivity contribution in [3.63, 3.8) is 0 Å². The van der Waals surface area contributed by atoms with Crippen LogP contribution in [-0.4, -0.2) is 81.4 Å². The van der Waals surface area contributed by atoms with Gasteiger partial charge in [0, 0.05) is 33.4 Å². The molecule has 0 bridgehead atoms. The Balaban J connectivity index is 2.05. The fourth-order valence-corrected chi connectivity index (χ4v) is 4.04. The Morgan fingerprint density at radius 1 is 1.00 bits per heavy atom. The zero-order valence-corrected chi connectivity index (χ0v) is 18.3. The van der Waals surface area contributed by atoms with E-state index in [1.165, 1.54) is 4.90 Å². The molecule has 0 spiro atoms. The zero-order chi connectivity index (χ0) is 21.8. The van der Waals surface area contributed by atoms with Gasteiger partial charge in [-0.15, -0.1) is 0 Å². The average molecular weight is 418 g/mol. The average Bonchev–Trinajstić information content (AvgIpc) is 2.97. The van der Waals surface area contributed by atoms with Crippen LogP contribution in [0, 0.1) is 0 Å². The molecule has 2 atom stereocenters. The van der Waals surface area contributed by atoms with Crippen LogP contribution in [0.25, 0.3) is 5.57 Å². The molecular weight excluding hydrogens is 388 g/mol. The molecule has 2 heterocycles. The molecule has 164 valence electrons. The lowest BCUT2D eigenvalue weighted by atomic mass is 10.0. The van der Waals surface area contributed by atoms with Crippen LogP contribution in [0.1, 0.15) is 25.8 Å². The Morgan fingerprint density at radius 2 is 1.67 bits per heavy atom. The molecule has 0 radical (unpaired) electrons. The van der Waals surface area contributed by atoms with Crippen molar-refractivity contribution < 1.29 is 28.5 Å². The van der Waals surface area contributed by atoms with Crippen LogP contribution in [0.3, 0.4) is 0 Å². The Morgan fingerprint density at radius 3 is 2.27 bits per heavy atom. The van der Waals surface area contributed by atoms with Crippen LogP contribution in [0.2, 0.25) is 0 Å². The van der Waals surface area contributed by atoms with Gasteiger partial charge in [-0.3, -0.25) is 14.5 Å². The van der Waals surface area contributed by atoms with Crippen molar-refractivity contribution in [2.75, 3.05) is 47.6 Å². The molecule has 2 aliphatic rings. The molecule has 0 saturated carbocycles. The zero-order valence-electron chi connectivity index (χ0n) is 18.3. The number of amides is 2. The standard InChI is InChI=1S/C22H30N2O6/c1-14-12-23(13-15(2)30-14)20-19(16-7-8-17(28-4)18(11-16)29-5)21(25)24(22(20)26)9-6-10-27-3/h7-8,11,14-15H,6,9-10,12-13H2,1-5H3. The molecule has 3 rings (SSSR count).